The average molecular weight is 167 g/mol. The molecule has 0 spiro atoms. The lowest BCUT2D eigenvalue weighted by molar-refractivity contribution is 0.452. The van der Waals surface area contributed by atoms with Crippen LogP contribution in [-0.4, -0.2) is 13.1 Å². The van der Waals surface area contributed by atoms with Crippen LogP contribution in [0.25, 0.3) is 0 Å². The fraction of sp³-hybridized carbons (Fsp3) is 0.818. The molecule has 0 aliphatic heterocycles. The van der Waals surface area contributed by atoms with Crippen LogP contribution in [-0.2, 0) is 0 Å². The highest BCUT2D eigenvalue weighted by Gasteiger charge is 2.38. The molecule has 1 saturated carbocycles. The SMILES string of the molecule is C=C(C)CCC(NC)C1CC1C. The molecule has 1 N–H and O–H groups in total. The highest BCUT2D eigenvalue weighted by atomic mass is 14.9. The van der Waals surface area contributed by atoms with Gasteiger partial charge in [-0.15, -0.1) is 6.58 Å². The smallest absolute Gasteiger partial charge is 0.00980 e. The summed E-state index contributed by atoms with van der Waals surface area (Å²) in [5.74, 6) is 1.89. The Kier molecular flexibility index (Phi) is 3.33. The third-order valence-electron chi connectivity index (χ3n) is 2.94. The van der Waals surface area contributed by atoms with E-state index in [9.17, 15) is 0 Å². The van der Waals surface area contributed by atoms with Crippen LogP contribution < -0.4 is 5.32 Å². The highest BCUT2D eigenvalue weighted by Crippen LogP contribution is 2.41. The Labute approximate surface area is 76.2 Å². The number of hydrogen-bond acceptors (Lipinski definition) is 1. The molecule has 1 heteroatoms. The van der Waals surface area contributed by atoms with Crippen molar-refractivity contribution in [3.8, 4) is 0 Å². The largest absolute Gasteiger partial charge is 0.317 e. The Hall–Kier alpha value is -0.300. The fourth-order valence-corrected chi connectivity index (χ4v) is 1.89. The molecule has 0 aromatic carbocycles. The molecule has 0 bridgehead atoms. The molecule has 0 aromatic heterocycles. The first-order chi connectivity index (χ1) is 5.65. The minimum absolute atomic E-state index is 0.733. The molecule has 70 valence electrons. The maximum Gasteiger partial charge on any atom is 0.00980 e. The molecule has 12 heavy (non-hydrogen) atoms. The predicted molar refractivity (Wildman–Crippen MR) is 54.2 cm³/mol. The summed E-state index contributed by atoms with van der Waals surface area (Å²) in [6.07, 6.45) is 3.86. The second kappa shape index (κ2) is 4.08. The van der Waals surface area contributed by atoms with Crippen molar-refractivity contribution in [2.75, 3.05) is 7.05 Å². The first-order valence-corrected chi connectivity index (χ1v) is 4.96. The van der Waals surface area contributed by atoms with Crippen LogP contribution in [0, 0.1) is 11.8 Å². The summed E-state index contributed by atoms with van der Waals surface area (Å²) in [7, 11) is 2.08. The number of allylic oxidation sites excluding steroid dienone is 1. The molecule has 1 aliphatic rings. The van der Waals surface area contributed by atoms with Gasteiger partial charge < -0.3 is 5.32 Å². The lowest BCUT2D eigenvalue weighted by Gasteiger charge is -2.15. The summed E-state index contributed by atoms with van der Waals surface area (Å²) in [6.45, 7) is 8.39. The minimum atomic E-state index is 0.733. The molecule has 0 amide bonds. The van der Waals surface area contributed by atoms with Gasteiger partial charge in [-0.1, -0.05) is 12.5 Å². The summed E-state index contributed by atoms with van der Waals surface area (Å²) in [6, 6.07) is 0.733. The first kappa shape index (κ1) is 9.79. The van der Waals surface area contributed by atoms with Crippen LogP contribution in [0.4, 0.5) is 0 Å². The van der Waals surface area contributed by atoms with Gasteiger partial charge in [0.15, 0.2) is 0 Å². The fourth-order valence-electron chi connectivity index (χ4n) is 1.89. The number of rotatable bonds is 5. The summed E-state index contributed by atoms with van der Waals surface area (Å²) >= 11 is 0. The van der Waals surface area contributed by atoms with E-state index >= 15 is 0 Å². The molecule has 0 heterocycles. The van der Waals surface area contributed by atoms with Crippen LogP contribution >= 0.6 is 0 Å². The molecule has 1 rings (SSSR count). The zero-order chi connectivity index (χ0) is 9.14. The molecule has 0 aromatic rings. The van der Waals surface area contributed by atoms with Crippen molar-refractivity contribution < 1.29 is 0 Å². The lowest BCUT2D eigenvalue weighted by atomic mass is 10.0. The van der Waals surface area contributed by atoms with E-state index in [0.29, 0.717) is 0 Å². The highest BCUT2D eigenvalue weighted by molar-refractivity contribution is 4.95. The molecular formula is C11H21N. The first-order valence-electron chi connectivity index (χ1n) is 4.96. The van der Waals surface area contributed by atoms with Gasteiger partial charge in [0.2, 0.25) is 0 Å². The molecule has 1 fully saturated rings. The number of nitrogens with one attached hydrogen (secondary N) is 1. The molecule has 0 saturated heterocycles. The van der Waals surface area contributed by atoms with Gasteiger partial charge in [-0.2, -0.15) is 0 Å². The third-order valence-corrected chi connectivity index (χ3v) is 2.94. The van der Waals surface area contributed by atoms with Crippen molar-refractivity contribution in [1.82, 2.24) is 5.32 Å². The summed E-state index contributed by atoms with van der Waals surface area (Å²) < 4.78 is 0. The van der Waals surface area contributed by atoms with E-state index in [1.165, 1.54) is 24.8 Å². The maximum absolute atomic E-state index is 3.93. The van der Waals surface area contributed by atoms with Gasteiger partial charge in [-0.05, 0) is 45.1 Å². The summed E-state index contributed by atoms with van der Waals surface area (Å²) in [5, 5.41) is 3.41. The van der Waals surface area contributed by atoms with Gasteiger partial charge in [0.1, 0.15) is 0 Å². The van der Waals surface area contributed by atoms with Gasteiger partial charge in [0, 0.05) is 6.04 Å². The van der Waals surface area contributed by atoms with E-state index in [1.54, 1.807) is 0 Å². The Morgan fingerprint density at radius 1 is 1.67 bits per heavy atom. The Bertz CT molecular complexity index is 162. The monoisotopic (exact) mass is 167 g/mol. The summed E-state index contributed by atoms with van der Waals surface area (Å²) in [5.41, 5.74) is 1.31. The third kappa shape index (κ3) is 2.63. The molecule has 1 aliphatic carbocycles. The summed E-state index contributed by atoms with van der Waals surface area (Å²) in [4.78, 5) is 0. The normalized spacial score (nSPS) is 29.9. The Balaban J connectivity index is 2.22. The van der Waals surface area contributed by atoms with Crippen molar-refractivity contribution in [2.45, 2.75) is 39.2 Å². The zero-order valence-electron chi connectivity index (χ0n) is 8.56. The number of hydrogen-bond donors (Lipinski definition) is 1. The van der Waals surface area contributed by atoms with E-state index in [0.717, 1.165) is 17.9 Å². The molecular weight excluding hydrogens is 146 g/mol. The molecule has 1 nitrogen and oxygen atoms in total. The van der Waals surface area contributed by atoms with E-state index in [2.05, 4.69) is 32.8 Å². The van der Waals surface area contributed by atoms with E-state index in [-0.39, 0.29) is 0 Å². The minimum Gasteiger partial charge on any atom is -0.317 e. The van der Waals surface area contributed by atoms with E-state index in [1.807, 2.05) is 0 Å². The topological polar surface area (TPSA) is 12.0 Å². The van der Waals surface area contributed by atoms with Gasteiger partial charge in [0.05, 0.1) is 0 Å². The second-order valence-electron chi connectivity index (χ2n) is 4.27. The predicted octanol–water partition coefficient (Wildman–Crippen LogP) is 2.59. The molecule has 3 unspecified atom stereocenters. The lowest BCUT2D eigenvalue weighted by Crippen LogP contribution is -2.27. The second-order valence-corrected chi connectivity index (χ2v) is 4.27. The van der Waals surface area contributed by atoms with E-state index in [4.69, 9.17) is 0 Å². The van der Waals surface area contributed by atoms with Crippen LogP contribution in [0.2, 0.25) is 0 Å². The maximum atomic E-state index is 3.93. The Morgan fingerprint density at radius 2 is 2.25 bits per heavy atom. The van der Waals surface area contributed by atoms with E-state index < -0.39 is 0 Å². The Morgan fingerprint density at radius 3 is 2.58 bits per heavy atom. The van der Waals surface area contributed by atoms with Gasteiger partial charge in [0.25, 0.3) is 0 Å². The van der Waals surface area contributed by atoms with Crippen LogP contribution in [0.5, 0.6) is 0 Å². The zero-order valence-corrected chi connectivity index (χ0v) is 8.56. The van der Waals surface area contributed by atoms with Crippen molar-refractivity contribution in [2.24, 2.45) is 11.8 Å². The standard InChI is InChI=1S/C11H21N/c1-8(2)5-6-11(12-4)10-7-9(10)3/h9-12H,1,5-7H2,2-4H3. The molecule has 0 radical (unpaired) electrons. The van der Waals surface area contributed by atoms with Crippen LogP contribution in [0.3, 0.4) is 0 Å². The van der Waals surface area contributed by atoms with Crippen molar-refractivity contribution in [3.05, 3.63) is 12.2 Å². The van der Waals surface area contributed by atoms with Crippen molar-refractivity contribution in [1.29, 1.82) is 0 Å². The average Bonchev–Trinajstić information content (AvgIpc) is 2.68. The van der Waals surface area contributed by atoms with Gasteiger partial charge in [-0.3, -0.25) is 0 Å². The van der Waals surface area contributed by atoms with Crippen molar-refractivity contribution in [3.63, 3.8) is 0 Å². The van der Waals surface area contributed by atoms with Gasteiger partial charge >= 0.3 is 0 Å². The van der Waals surface area contributed by atoms with Crippen LogP contribution in [0.15, 0.2) is 12.2 Å². The molecule has 3 atom stereocenters. The van der Waals surface area contributed by atoms with Crippen molar-refractivity contribution >= 4 is 0 Å². The van der Waals surface area contributed by atoms with Crippen LogP contribution in [0.1, 0.15) is 33.1 Å². The van der Waals surface area contributed by atoms with Gasteiger partial charge in [-0.25, -0.2) is 0 Å². The quantitative estimate of drug-likeness (QED) is 0.621.